The van der Waals surface area contributed by atoms with Gasteiger partial charge in [-0.2, -0.15) is 0 Å². The minimum Gasteiger partial charge on any atom is -0.506 e. The number of benzene rings is 2. The molecule has 0 saturated carbocycles. The second kappa shape index (κ2) is 6.23. The molecule has 0 fully saturated rings. The normalized spacial score (nSPS) is 11.5. The van der Waals surface area contributed by atoms with Crippen LogP contribution in [0.15, 0.2) is 43.0 Å². The van der Waals surface area contributed by atoms with Gasteiger partial charge in [0, 0.05) is 0 Å². The van der Waals surface area contributed by atoms with Crippen molar-refractivity contribution in [2.75, 3.05) is 0 Å². The molecule has 0 spiro atoms. The summed E-state index contributed by atoms with van der Waals surface area (Å²) in [6.45, 7) is 8.30. The lowest BCUT2D eigenvalue weighted by molar-refractivity contribution is 0.473. The second-order valence-electron chi connectivity index (χ2n) is 6.00. The monoisotopic (exact) mass is 336 g/mol. The number of allylic oxidation sites excluding steroid dienone is 1. The Morgan fingerprint density at radius 1 is 1.00 bits per heavy atom. The molecule has 0 amide bonds. The van der Waals surface area contributed by atoms with Crippen molar-refractivity contribution in [3.63, 3.8) is 0 Å². The van der Waals surface area contributed by atoms with Crippen LogP contribution in [0.4, 0.5) is 0 Å². The van der Waals surface area contributed by atoms with Crippen LogP contribution in [-0.2, 0) is 5.41 Å². The van der Waals surface area contributed by atoms with Gasteiger partial charge in [-0.3, -0.25) is 0 Å². The molecule has 0 atom stereocenters. The summed E-state index contributed by atoms with van der Waals surface area (Å²) in [5.41, 5.74) is 2.61. The molecule has 0 unspecified atom stereocenters. The van der Waals surface area contributed by atoms with Crippen molar-refractivity contribution in [2.45, 2.75) is 25.7 Å². The van der Waals surface area contributed by atoms with Gasteiger partial charge in [0.05, 0.1) is 10.0 Å². The zero-order valence-corrected chi connectivity index (χ0v) is 14.0. The molecule has 0 saturated heterocycles. The van der Waals surface area contributed by atoms with Gasteiger partial charge in [0.15, 0.2) is 0 Å². The van der Waals surface area contributed by atoms with Crippen molar-refractivity contribution in [2.24, 2.45) is 0 Å². The van der Waals surface area contributed by atoms with E-state index in [-0.39, 0.29) is 16.9 Å². The van der Waals surface area contributed by atoms with E-state index in [1.165, 1.54) is 0 Å². The Labute approximate surface area is 140 Å². The van der Waals surface area contributed by atoms with E-state index < -0.39 is 0 Å². The molecule has 0 aliphatic rings. The summed E-state index contributed by atoms with van der Waals surface area (Å²) in [5, 5.41) is 19.7. The van der Waals surface area contributed by atoms with E-state index in [1.807, 2.05) is 6.07 Å². The Morgan fingerprint density at radius 3 is 2.09 bits per heavy atom. The van der Waals surface area contributed by atoms with Crippen molar-refractivity contribution in [1.82, 2.24) is 0 Å². The first-order valence-electron chi connectivity index (χ1n) is 6.86. The molecule has 2 rings (SSSR count). The zero-order valence-electron chi connectivity index (χ0n) is 12.5. The van der Waals surface area contributed by atoms with Gasteiger partial charge in [-0.1, -0.05) is 55.8 Å². The number of rotatable bonds is 4. The number of phenolic OH excluding ortho intramolecular Hbond substituents is 2. The van der Waals surface area contributed by atoms with Gasteiger partial charge < -0.3 is 10.2 Å². The Morgan fingerprint density at radius 2 is 1.55 bits per heavy atom. The van der Waals surface area contributed by atoms with Crippen molar-refractivity contribution in [1.29, 1.82) is 0 Å². The highest BCUT2D eigenvalue weighted by atomic mass is 35.5. The fourth-order valence-corrected chi connectivity index (χ4v) is 2.75. The fourth-order valence-electron chi connectivity index (χ4n) is 2.39. The summed E-state index contributed by atoms with van der Waals surface area (Å²) < 4.78 is 0. The molecule has 116 valence electrons. The number of hydrogen-bond donors (Lipinski definition) is 2. The quantitative estimate of drug-likeness (QED) is 0.742. The maximum Gasteiger partial charge on any atom is 0.134 e. The first-order valence-corrected chi connectivity index (χ1v) is 7.62. The van der Waals surface area contributed by atoms with Crippen molar-refractivity contribution in [3.8, 4) is 11.5 Å². The van der Waals surface area contributed by atoms with E-state index in [0.717, 1.165) is 16.7 Å². The van der Waals surface area contributed by atoms with E-state index in [9.17, 15) is 10.2 Å². The molecule has 2 nitrogen and oxygen atoms in total. The van der Waals surface area contributed by atoms with Crippen LogP contribution in [0.25, 0.3) is 5.57 Å². The second-order valence-corrected chi connectivity index (χ2v) is 6.81. The lowest BCUT2D eigenvalue weighted by atomic mass is 9.78. The predicted molar refractivity (Wildman–Crippen MR) is 92.9 cm³/mol. The number of phenols is 2. The van der Waals surface area contributed by atoms with E-state index in [4.69, 9.17) is 23.2 Å². The highest BCUT2D eigenvalue weighted by Gasteiger charge is 2.23. The van der Waals surface area contributed by atoms with Crippen LogP contribution < -0.4 is 0 Å². The molecular weight excluding hydrogens is 319 g/mol. The Bertz CT molecular complexity index is 721. The van der Waals surface area contributed by atoms with Crippen molar-refractivity contribution >= 4 is 28.8 Å². The maximum atomic E-state index is 9.54. The third-order valence-electron chi connectivity index (χ3n) is 3.74. The standard InChI is InChI=1S/C18H18Cl2O2/c1-11(12-4-6-16(21)14(19)8-12)10-18(2,3)13-5-7-17(22)15(20)9-13/h4-9,21-22H,1,10H2,2-3H3. The number of hydrogen-bond acceptors (Lipinski definition) is 2. The van der Waals surface area contributed by atoms with Gasteiger partial charge in [-0.05, 0) is 52.8 Å². The molecule has 4 heteroatoms. The first-order chi connectivity index (χ1) is 10.2. The molecule has 0 radical (unpaired) electrons. The van der Waals surface area contributed by atoms with Gasteiger partial charge in [0.2, 0.25) is 0 Å². The lowest BCUT2D eigenvalue weighted by Gasteiger charge is -2.27. The molecule has 0 aliphatic heterocycles. The van der Waals surface area contributed by atoms with Gasteiger partial charge in [0.25, 0.3) is 0 Å². The van der Waals surface area contributed by atoms with Crippen LogP contribution >= 0.6 is 23.2 Å². The molecule has 0 bridgehead atoms. The van der Waals surface area contributed by atoms with E-state index in [0.29, 0.717) is 16.5 Å². The van der Waals surface area contributed by atoms with Gasteiger partial charge in [0.1, 0.15) is 11.5 Å². The van der Waals surface area contributed by atoms with Crippen LogP contribution in [0.3, 0.4) is 0 Å². The average molecular weight is 337 g/mol. The highest BCUT2D eigenvalue weighted by molar-refractivity contribution is 6.32. The molecular formula is C18H18Cl2O2. The topological polar surface area (TPSA) is 40.5 Å². The van der Waals surface area contributed by atoms with Crippen LogP contribution in [0.2, 0.25) is 10.0 Å². The van der Waals surface area contributed by atoms with Crippen molar-refractivity contribution in [3.05, 3.63) is 64.1 Å². The summed E-state index contributed by atoms with van der Waals surface area (Å²) in [7, 11) is 0. The Hall–Kier alpha value is -1.64. The molecule has 0 heterocycles. The Kier molecular flexibility index (Phi) is 4.74. The molecule has 0 aliphatic carbocycles. The van der Waals surface area contributed by atoms with Gasteiger partial charge >= 0.3 is 0 Å². The summed E-state index contributed by atoms with van der Waals surface area (Å²) in [5.74, 6) is 0.133. The van der Waals surface area contributed by atoms with E-state index >= 15 is 0 Å². The summed E-state index contributed by atoms with van der Waals surface area (Å²) in [6.07, 6.45) is 0.690. The van der Waals surface area contributed by atoms with Crippen LogP contribution in [0, 0.1) is 0 Å². The number of halogens is 2. The molecule has 0 aromatic heterocycles. The molecule has 2 aromatic carbocycles. The van der Waals surface area contributed by atoms with Crippen LogP contribution in [0.5, 0.6) is 11.5 Å². The molecule has 2 N–H and O–H groups in total. The average Bonchev–Trinajstić information content (AvgIpc) is 2.44. The summed E-state index contributed by atoms with van der Waals surface area (Å²) in [4.78, 5) is 0. The third-order valence-corrected chi connectivity index (χ3v) is 4.35. The predicted octanol–water partition coefficient (Wildman–Crippen LogP) is 5.79. The number of aromatic hydroxyl groups is 2. The largest absolute Gasteiger partial charge is 0.506 e. The highest BCUT2D eigenvalue weighted by Crippen LogP contribution is 2.37. The lowest BCUT2D eigenvalue weighted by Crippen LogP contribution is -2.17. The summed E-state index contributed by atoms with van der Waals surface area (Å²) in [6, 6.07) is 10.3. The third kappa shape index (κ3) is 3.57. The van der Waals surface area contributed by atoms with E-state index in [1.54, 1.807) is 30.3 Å². The first kappa shape index (κ1) is 16.7. The Balaban J connectivity index is 2.25. The summed E-state index contributed by atoms with van der Waals surface area (Å²) >= 11 is 11.9. The van der Waals surface area contributed by atoms with E-state index in [2.05, 4.69) is 20.4 Å². The smallest absolute Gasteiger partial charge is 0.134 e. The molecule has 22 heavy (non-hydrogen) atoms. The minimum absolute atomic E-state index is 0.0581. The maximum absolute atomic E-state index is 9.54. The van der Waals surface area contributed by atoms with Gasteiger partial charge in [-0.15, -0.1) is 0 Å². The molecule has 2 aromatic rings. The van der Waals surface area contributed by atoms with Crippen LogP contribution in [0.1, 0.15) is 31.4 Å². The SMILES string of the molecule is C=C(CC(C)(C)c1ccc(O)c(Cl)c1)c1ccc(O)c(Cl)c1. The zero-order chi connectivity index (χ0) is 16.5. The minimum atomic E-state index is -0.210. The fraction of sp³-hybridized carbons (Fsp3) is 0.222. The van der Waals surface area contributed by atoms with Crippen molar-refractivity contribution < 1.29 is 10.2 Å². The van der Waals surface area contributed by atoms with Crippen LogP contribution in [-0.4, -0.2) is 10.2 Å². The van der Waals surface area contributed by atoms with Gasteiger partial charge in [-0.25, -0.2) is 0 Å².